The molecule has 0 aliphatic heterocycles. The quantitative estimate of drug-likeness (QED) is 0.410. The molecule has 32 heavy (non-hydrogen) atoms. The smallest absolute Gasteiger partial charge is 0.408 e. The number of rotatable bonds is 8. The van der Waals surface area contributed by atoms with Crippen LogP contribution in [0.4, 0.5) is 4.79 Å². The molecule has 1 aromatic rings. The molecule has 0 radical (unpaired) electrons. The summed E-state index contributed by atoms with van der Waals surface area (Å²) in [5.41, 5.74) is 0.319. The summed E-state index contributed by atoms with van der Waals surface area (Å²) in [5.74, 6) is 1.80. The van der Waals surface area contributed by atoms with Gasteiger partial charge in [-0.1, -0.05) is 24.1 Å². The molecule has 0 bridgehead atoms. The van der Waals surface area contributed by atoms with Crippen molar-refractivity contribution in [2.45, 2.75) is 78.2 Å². The van der Waals surface area contributed by atoms with Gasteiger partial charge in [-0.25, -0.2) is 4.79 Å². The number of benzene rings is 1. The van der Waals surface area contributed by atoms with Gasteiger partial charge in [-0.2, -0.15) is 12.6 Å². The maximum absolute atomic E-state index is 13.6. The van der Waals surface area contributed by atoms with Gasteiger partial charge < -0.3 is 20.3 Å². The van der Waals surface area contributed by atoms with Crippen LogP contribution >= 0.6 is 12.6 Å². The minimum absolute atomic E-state index is 0.0244. The van der Waals surface area contributed by atoms with Gasteiger partial charge in [0.15, 0.2) is 0 Å². The second-order valence-electron chi connectivity index (χ2n) is 9.02. The average molecular weight is 462 g/mol. The highest BCUT2D eigenvalue weighted by atomic mass is 32.1. The van der Waals surface area contributed by atoms with E-state index in [0.29, 0.717) is 11.1 Å². The molecule has 176 valence electrons. The van der Waals surface area contributed by atoms with E-state index in [9.17, 15) is 14.4 Å². The Morgan fingerprint density at radius 3 is 2.19 bits per heavy atom. The normalized spacial score (nSPS) is 13.2. The summed E-state index contributed by atoms with van der Waals surface area (Å²) < 4.78 is 5.28. The molecule has 8 heteroatoms. The molecule has 0 fully saturated rings. The highest BCUT2D eigenvalue weighted by molar-refractivity contribution is 7.80. The number of hydrogen-bond donors (Lipinski definition) is 3. The van der Waals surface area contributed by atoms with Crippen LogP contribution in [0, 0.1) is 12.3 Å². The Labute approximate surface area is 197 Å². The molecule has 2 atom stereocenters. The third-order valence-corrected chi connectivity index (χ3v) is 4.72. The van der Waals surface area contributed by atoms with Crippen molar-refractivity contribution < 1.29 is 19.1 Å². The first-order chi connectivity index (χ1) is 14.8. The minimum atomic E-state index is -0.997. The highest BCUT2D eigenvalue weighted by Crippen LogP contribution is 2.28. The Hall–Kier alpha value is -2.66. The van der Waals surface area contributed by atoms with E-state index in [1.165, 1.54) is 4.90 Å². The molecule has 0 heterocycles. The molecule has 0 saturated heterocycles. The topological polar surface area (TPSA) is 87.7 Å². The number of amides is 3. The van der Waals surface area contributed by atoms with Crippen LogP contribution in [0.2, 0.25) is 0 Å². The SMILES string of the molecule is C#Cc1ccccc1C(C(=O)NC(C)C)N(C(=O)C(CS)NC(=O)OC(C)(C)C)C(C)C. The van der Waals surface area contributed by atoms with E-state index >= 15 is 0 Å². The molecule has 2 N–H and O–H groups in total. The molecule has 0 aliphatic carbocycles. The third kappa shape index (κ3) is 7.79. The standard InChI is InChI=1S/C24H35N3O4S/c1-9-17-12-10-11-13-18(17)20(21(28)25-15(2)3)27(16(4)5)22(29)19(14-32)26-23(30)31-24(6,7)8/h1,10-13,15-16,19-20,32H,14H2,2-8H3,(H,25,28)(H,26,30). The number of thiol groups is 1. The van der Waals surface area contributed by atoms with Crippen LogP contribution in [0.3, 0.4) is 0 Å². The zero-order valence-electron chi connectivity index (χ0n) is 19.9. The van der Waals surface area contributed by atoms with Gasteiger partial charge in [-0.15, -0.1) is 6.42 Å². The average Bonchev–Trinajstić information content (AvgIpc) is 2.67. The zero-order valence-corrected chi connectivity index (χ0v) is 20.8. The first kappa shape index (κ1) is 27.4. The predicted octanol–water partition coefficient (Wildman–Crippen LogP) is 3.29. The lowest BCUT2D eigenvalue weighted by Crippen LogP contribution is -2.56. The Balaban J connectivity index is 3.44. The number of hydrogen-bond acceptors (Lipinski definition) is 5. The third-order valence-electron chi connectivity index (χ3n) is 4.35. The van der Waals surface area contributed by atoms with Gasteiger partial charge in [-0.3, -0.25) is 9.59 Å². The van der Waals surface area contributed by atoms with Crippen LogP contribution < -0.4 is 10.6 Å². The molecule has 1 aromatic carbocycles. The van der Waals surface area contributed by atoms with Crippen LogP contribution in [0.25, 0.3) is 0 Å². The van der Waals surface area contributed by atoms with Crippen molar-refractivity contribution in [3.8, 4) is 12.3 Å². The van der Waals surface area contributed by atoms with Gasteiger partial charge in [0.05, 0.1) is 0 Å². The van der Waals surface area contributed by atoms with Crippen LogP contribution in [0.15, 0.2) is 24.3 Å². The second kappa shape index (κ2) is 11.8. The Kier molecular flexibility index (Phi) is 10.1. The molecule has 1 rings (SSSR count). The lowest BCUT2D eigenvalue weighted by Gasteiger charge is -2.37. The van der Waals surface area contributed by atoms with E-state index in [1.807, 2.05) is 13.8 Å². The van der Waals surface area contributed by atoms with E-state index in [-0.39, 0.29) is 23.7 Å². The van der Waals surface area contributed by atoms with Crippen LogP contribution in [-0.4, -0.2) is 52.3 Å². The van der Waals surface area contributed by atoms with Crippen LogP contribution in [-0.2, 0) is 14.3 Å². The molecule has 2 unspecified atom stereocenters. The second-order valence-corrected chi connectivity index (χ2v) is 9.38. The van der Waals surface area contributed by atoms with Crippen LogP contribution in [0.5, 0.6) is 0 Å². The van der Waals surface area contributed by atoms with E-state index in [4.69, 9.17) is 11.2 Å². The van der Waals surface area contributed by atoms with Crippen molar-refractivity contribution in [1.29, 1.82) is 0 Å². The summed E-state index contributed by atoms with van der Waals surface area (Å²) in [7, 11) is 0. The summed E-state index contributed by atoms with van der Waals surface area (Å²) >= 11 is 4.26. The Bertz CT molecular complexity index is 856. The number of nitrogens with one attached hydrogen (secondary N) is 2. The summed E-state index contributed by atoms with van der Waals surface area (Å²) in [6.07, 6.45) is 4.95. The predicted molar refractivity (Wildman–Crippen MR) is 129 cm³/mol. The highest BCUT2D eigenvalue weighted by Gasteiger charge is 2.38. The molecule has 0 aliphatic rings. The molecule has 7 nitrogen and oxygen atoms in total. The fourth-order valence-corrected chi connectivity index (χ4v) is 3.39. The fraction of sp³-hybridized carbons (Fsp3) is 0.542. The number of nitrogens with zero attached hydrogens (tertiary/aromatic N) is 1. The van der Waals surface area contributed by atoms with Gasteiger partial charge in [0.1, 0.15) is 17.7 Å². The minimum Gasteiger partial charge on any atom is -0.444 e. The van der Waals surface area contributed by atoms with Gasteiger partial charge in [-0.05, 0) is 60.1 Å². The molecule has 3 amide bonds. The van der Waals surface area contributed by atoms with Crippen molar-refractivity contribution in [1.82, 2.24) is 15.5 Å². The largest absolute Gasteiger partial charge is 0.444 e. The van der Waals surface area contributed by atoms with Crippen molar-refractivity contribution in [3.63, 3.8) is 0 Å². The number of terminal acetylenes is 1. The number of carbonyl (C=O) groups excluding carboxylic acids is 3. The van der Waals surface area contributed by atoms with Gasteiger partial charge in [0.25, 0.3) is 0 Å². The first-order valence-corrected chi connectivity index (χ1v) is 11.2. The van der Waals surface area contributed by atoms with Gasteiger partial charge in [0, 0.05) is 23.4 Å². The molecule has 0 spiro atoms. The van der Waals surface area contributed by atoms with E-state index in [2.05, 4.69) is 29.2 Å². The van der Waals surface area contributed by atoms with E-state index in [1.54, 1.807) is 58.9 Å². The van der Waals surface area contributed by atoms with Gasteiger partial charge in [0.2, 0.25) is 11.8 Å². The van der Waals surface area contributed by atoms with Crippen molar-refractivity contribution in [3.05, 3.63) is 35.4 Å². The lowest BCUT2D eigenvalue weighted by atomic mass is 9.96. The molecule has 0 saturated carbocycles. The maximum atomic E-state index is 13.6. The van der Waals surface area contributed by atoms with E-state index in [0.717, 1.165) is 0 Å². The molecule has 0 aromatic heterocycles. The lowest BCUT2D eigenvalue weighted by molar-refractivity contribution is -0.144. The van der Waals surface area contributed by atoms with Crippen molar-refractivity contribution in [2.75, 3.05) is 5.75 Å². The number of carbonyl (C=O) groups is 3. The van der Waals surface area contributed by atoms with E-state index < -0.39 is 29.7 Å². The summed E-state index contributed by atoms with van der Waals surface area (Å²) in [6.45, 7) is 12.5. The number of ether oxygens (including phenoxy) is 1. The zero-order chi connectivity index (χ0) is 24.6. The summed E-state index contributed by atoms with van der Waals surface area (Å²) in [5, 5.41) is 5.45. The maximum Gasteiger partial charge on any atom is 0.408 e. The summed E-state index contributed by atoms with van der Waals surface area (Å²) in [6, 6.07) is 4.50. The fourth-order valence-electron chi connectivity index (χ4n) is 3.14. The first-order valence-electron chi connectivity index (χ1n) is 10.6. The Morgan fingerprint density at radius 2 is 1.72 bits per heavy atom. The Morgan fingerprint density at radius 1 is 1.12 bits per heavy atom. The van der Waals surface area contributed by atoms with Crippen LogP contribution in [0.1, 0.15) is 65.6 Å². The van der Waals surface area contributed by atoms with Gasteiger partial charge >= 0.3 is 6.09 Å². The monoisotopic (exact) mass is 461 g/mol. The summed E-state index contributed by atoms with van der Waals surface area (Å²) in [4.78, 5) is 40.6. The molecular formula is C24H35N3O4S. The molecular weight excluding hydrogens is 426 g/mol. The van der Waals surface area contributed by atoms with Crippen molar-refractivity contribution >= 4 is 30.5 Å². The van der Waals surface area contributed by atoms with Crippen molar-refractivity contribution in [2.24, 2.45) is 0 Å². The number of alkyl carbamates (subject to hydrolysis) is 1.